The number of carbonyl (C=O) groups is 2. The lowest BCUT2D eigenvalue weighted by Crippen LogP contribution is -2.13. The Kier molecular flexibility index (Phi) is 4.50. The molecule has 0 aliphatic carbocycles. The molecule has 1 aromatic heterocycles. The van der Waals surface area contributed by atoms with Gasteiger partial charge < -0.3 is 15.5 Å². The minimum absolute atomic E-state index is 0.00787. The third kappa shape index (κ3) is 4.04. The zero-order valence-electron chi connectivity index (χ0n) is 11.1. The molecule has 0 spiro atoms. The molecule has 1 amide bonds. The molecule has 0 saturated carbocycles. The Morgan fingerprint density at radius 3 is 2.67 bits per heavy atom. The molecule has 21 heavy (non-hydrogen) atoms. The van der Waals surface area contributed by atoms with Crippen molar-refractivity contribution in [3.63, 3.8) is 0 Å². The second-order valence-electron chi connectivity index (χ2n) is 4.44. The highest BCUT2D eigenvalue weighted by Gasteiger charge is 2.08. The fourth-order valence-electron chi connectivity index (χ4n) is 1.82. The van der Waals surface area contributed by atoms with Crippen LogP contribution in [-0.4, -0.2) is 27.1 Å². The zero-order valence-corrected chi connectivity index (χ0v) is 11.1. The van der Waals surface area contributed by atoms with E-state index in [0.29, 0.717) is 17.7 Å². The number of rotatable bonds is 5. The van der Waals surface area contributed by atoms with E-state index in [-0.39, 0.29) is 23.6 Å². The highest BCUT2D eigenvalue weighted by atomic mass is 16.4. The van der Waals surface area contributed by atoms with Crippen molar-refractivity contribution in [3.8, 4) is 5.75 Å². The molecule has 108 valence electrons. The Labute approximate surface area is 121 Å². The number of aromatic carboxylic acids is 1. The van der Waals surface area contributed by atoms with Crippen molar-refractivity contribution >= 4 is 17.6 Å². The van der Waals surface area contributed by atoms with Crippen molar-refractivity contribution in [1.29, 1.82) is 0 Å². The number of aromatic hydroxyl groups is 1. The minimum atomic E-state index is -1.10. The van der Waals surface area contributed by atoms with Crippen molar-refractivity contribution in [2.75, 3.05) is 5.32 Å². The number of aryl methyl sites for hydroxylation is 1. The van der Waals surface area contributed by atoms with Crippen LogP contribution in [0, 0.1) is 0 Å². The summed E-state index contributed by atoms with van der Waals surface area (Å²) >= 11 is 0. The fourth-order valence-corrected chi connectivity index (χ4v) is 1.82. The van der Waals surface area contributed by atoms with Crippen LogP contribution in [0.2, 0.25) is 0 Å². The largest absolute Gasteiger partial charge is 0.508 e. The Morgan fingerprint density at radius 2 is 1.95 bits per heavy atom. The number of aromatic nitrogens is 1. The number of hydrogen-bond donors (Lipinski definition) is 3. The molecule has 2 rings (SSSR count). The van der Waals surface area contributed by atoms with Gasteiger partial charge >= 0.3 is 5.97 Å². The van der Waals surface area contributed by atoms with Gasteiger partial charge in [0.25, 0.3) is 0 Å². The van der Waals surface area contributed by atoms with Gasteiger partial charge in [0.1, 0.15) is 5.75 Å². The molecule has 0 fully saturated rings. The predicted molar refractivity (Wildman–Crippen MR) is 76.3 cm³/mol. The Balaban J connectivity index is 1.95. The molecule has 0 radical (unpaired) electrons. The molecule has 0 atom stereocenters. The van der Waals surface area contributed by atoms with E-state index in [4.69, 9.17) is 5.11 Å². The van der Waals surface area contributed by atoms with Crippen molar-refractivity contribution in [2.45, 2.75) is 12.8 Å². The number of phenols is 1. The van der Waals surface area contributed by atoms with Crippen LogP contribution in [0.5, 0.6) is 5.75 Å². The minimum Gasteiger partial charge on any atom is -0.508 e. The summed E-state index contributed by atoms with van der Waals surface area (Å²) in [5.41, 5.74) is 1.02. The number of carboxylic acids is 1. The number of nitrogens with zero attached hydrogens (tertiary/aromatic N) is 1. The third-order valence-corrected chi connectivity index (χ3v) is 2.88. The number of benzene rings is 1. The number of amides is 1. The Bertz CT molecular complexity index is 670. The van der Waals surface area contributed by atoms with Crippen molar-refractivity contribution in [2.24, 2.45) is 0 Å². The summed E-state index contributed by atoms with van der Waals surface area (Å²) < 4.78 is 0. The maximum atomic E-state index is 11.8. The first-order valence-corrected chi connectivity index (χ1v) is 6.31. The summed E-state index contributed by atoms with van der Waals surface area (Å²) in [5, 5.41) is 21.0. The number of phenolic OH excluding ortho intramolecular Hbond substituents is 1. The van der Waals surface area contributed by atoms with E-state index in [2.05, 4.69) is 10.3 Å². The van der Waals surface area contributed by atoms with Gasteiger partial charge in [0.15, 0.2) is 0 Å². The van der Waals surface area contributed by atoms with Crippen LogP contribution in [0.4, 0.5) is 5.69 Å². The van der Waals surface area contributed by atoms with Crippen molar-refractivity contribution in [1.82, 2.24) is 4.98 Å². The van der Waals surface area contributed by atoms with Gasteiger partial charge in [-0.2, -0.15) is 0 Å². The van der Waals surface area contributed by atoms with Gasteiger partial charge in [-0.1, -0.05) is 18.2 Å². The number of carbonyl (C=O) groups excluding carboxylic acids is 1. The first-order chi connectivity index (χ1) is 10.1. The van der Waals surface area contributed by atoms with Crippen molar-refractivity contribution < 1.29 is 19.8 Å². The Morgan fingerprint density at radius 1 is 1.19 bits per heavy atom. The number of hydrogen-bond acceptors (Lipinski definition) is 4. The van der Waals surface area contributed by atoms with Gasteiger partial charge in [-0.15, -0.1) is 0 Å². The highest BCUT2D eigenvalue weighted by Crippen LogP contribution is 2.17. The second-order valence-corrected chi connectivity index (χ2v) is 4.44. The first kappa shape index (κ1) is 14.5. The fraction of sp³-hybridized carbons (Fsp3) is 0.133. The number of carboxylic acid groups (broad SMARTS) is 1. The van der Waals surface area contributed by atoms with Gasteiger partial charge in [0.05, 0.1) is 17.4 Å². The third-order valence-electron chi connectivity index (χ3n) is 2.88. The molecule has 3 N–H and O–H groups in total. The second kappa shape index (κ2) is 6.51. The summed E-state index contributed by atoms with van der Waals surface area (Å²) in [5.74, 6) is -1.23. The van der Waals surface area contributed by atoms with Crippen LogP contribution >= 0.6 is 0 Å². The maximum absolute atomic E-state index is 11.8. The van der Waals surface area contributed by atoms with Crippen LogP contribution in [0.1, 0.15) is 22.3 Å². The smallest absolute Gasteiger partial charge is 0.337 e. The van der Waals surface area contributed by atoms with Gasteiger partial charge in [0.2, 0.25) is 5.91 Å². The molecule has 0 bridgehead atoms. The molecule has 0 aliphatic heterocycles. The van der Waals surface area contributed by atoms with E-state index < -0.39 is 5.97 Å². The predicted octanol–water partition coefficient (Wildman–Crippen LogP) is 2.06. The molecule has 0 unspecified atom stereocenters. The van der Waals surface area contributed by atoms with Crippen LogP contribution in [-0.2, 0) is 11.2 Å². The molecule has 0 saturated heterocycles. The van der Waals surface area contributed by atoms with E-state index in [0.717, 1.165) is 0 Å². The standard InChI is InChI=1S/C15H14N2O4/c18-13-4-2-1-3-10(13)5-6-14(19)17-12-7-11(15(20)21)8-16-9-12/h1-4,7-9,18H,5-6H2,(H,17,19)(H,20,21). The van der Waals surface area contributed by atoms with Crippen LogP contribution < -0.4 is 5.32 Å². The first-order valence-electron chi connectivity index (χ1n) is 6.31. The highest BCUT2D eigenvalue weighted by molar-refractivity contribution is 5.93. The maximum Gasteiger partial charge on any atom is 0.337 e. The topological polar surface area (TPSA) is 99.5 Å². The Hall–Kier alpha value is -2.89. The molecule has 1 heterocycles. The number of pyridine rings is 1. The summed E-state index contributed by atoms with van der Waals surface area (Å²) in [6, 6.07) is 8.14. The van der Waals surface area contributed by atoms with Gasteiger partial charge in [-0.05, 0) is 24.1 Å². The SMILES string of the molecule is O=C(CCc1ccccc1O)Nc1cncc(C(=O)O)c1. The quantitative estimate of drug-likeness (QED) is 0.781. The zero-order chi connectivity index (χ0) is 15.2. The summed E-state index contributed by atoms with van der Waals surface area (Å²) in [4.78, 5) is 26.4. The van der Waals surface area contributed by atoms with Gasteiger partial charge in [-0.3, -0.25) is 9.78 Å². The number of anilines is 1. The average Bonchev–Trinajstić information content (AvgIpc) is 2.46. The molecule has 6 heteroatoms. The average molecular weight is 286 g/mol. The van der Waals surface area contributed by atoms with Crippen molar-refractivity contribution in [3.05, 3.63) is 53.9 Å². The molecular formula is C15H14N2O4. The normalized spacial score (nSPS) is 10.1. The lowest BCUT2D eigenvalue weighted by Gasteiger charge is -2.06. The summed E-state index contributed by atoms with van der Waals surface area (Å²) in [6.07, 6.45) is 3.16. The summed E-state index contributed by atoms with van der Waals surface area (Å²) in [7, 11) is 0. The van der Waals surface area contributed by atoms with Gasteiger partial charge in [-0.25, -0.2) is 4.79 Å². The van der Waals surface area contributed by atoms with Crippen LogP contribution in [0.15, 0.2) is 42.7 Å². The molecule has 6 nitrogen and oxygen atoms in total. The molecule has 0 aliphatic rings. The molecule has 2 aromatic rings. The molecule has 1 aromatic carbocycles. The van der Waals surface area contributed by atoms with Gasteiger partial charge in [0, 0.05) is 12.6 Å². The molecular weight excluding hydrogens is 272 g/mol. The lowest BCUT2D eigenvalue weighted by molar-refractivity contribution is -0.116. The van der Waals surface area contributed by atoms with E-state index in [1.807, 2.05) is 0 Å². The van der Waals surface area contributed by atoms with Crippen LogP contribution in [0.3, 0.4) is 0 Å². The van der Waals surface area contributed by atoms with E-state index in [9.17, 15) is 14.7 Å². The monoisotopic (exact) mass is 286 g/mol. The van der Waals surface area contributed by atoms with Crippen LogP contribution in [0.25, 0.3) is 0 Å². The number of para-hydroxylation sites is 1. The number of nitrogens with one attached hydrogen (secondary N) is 1. The van der Waals surface area contributed by atoms with E-state index >= 15 is 0 Å². The lowest BCUT2D eigenvalue weighted by atomic mass is 10.1. The van der Waals surface area contributed by atoms with E-state index in [1.165, 1.54) is 18.5 Å². The van der Waals surface area contributed by atoms with E-state index in [1.54, 1.807) is 24.3 Å². The summed E-state index contributed by atoms with van der Waals surface area (Å²) in [6.45, 7) is 0.